The Morgan fingerprint density at radius 1 is 1.26 bits per heavy atom. The number of hydrogen-bond donors (Lipinski definition) is 1. The second-order valence-corrected chi connectivity index (χ2v) is 4.81. The Labute approximate surface area is 128 Å². The summed E-state index contributed by atoms with van der Waals surface area (Å²) >= 11 is 0. The van der Waals surface area contributed by atoms with Crippen LogP contribution in [-0.2, 0) is 0 Å². The van der Waals surface area contributed by atoms with Gasteiger partial charge in [-0.1, -0.05) is 26.2 Å². The molecule has 5 heteroatoms. The molecule has 1 aromatic heterocycles. The highest BCUT2D eigenvalue weighted by Crippen LogP contribution is 2.27. The molecule has 0 saturated carbocycles. The summed E-state index contributed by atoms with van der Waals surface area (Å²) in [5, 5.41) is 3.41. The second-order valence-electron chi connectivity index (χ2n) is 4.81. The molecule has 0 radical (unpaired) electrons. The van der Waals surface area contributed by atoms with Crippen LogP contribution in [0.4, 0.5) is 0 Å². The molecular formula is C14H26Cl2N2O. The Morgan fingerprint density at radius 3 is 2.58 bits per heavy atom. The van der Waals surface area contributed by atoms with Gasteiger partial charge in [-0.2, -0.15) is 0 Å². The van der Waals surface area contributed by atoms with Crippen molar-refractivity contribution in [3.8, 4) is 0 Å². The van der Waals surface area contributed by atoms with E-state index >= 15 is 0 Å². The van der Waals surface area contributed by atoms with E-state index in [4.69, 9.17) is 4.42 Å². The normalized spacial score (nSPS) is 17.3. The zero-order chi connectivity index (χ0) is 11.9. The first-order valence-electron chi connectivity index (χ1n) is 6.90. The van der Waals surface area contributed by atoms with Crippen molar-refractivity contribution in [1.82, 2.24) is 10.2 Å². The third kappa shape index (κ3) is 5.74. The van der Waals surface area contributed by atoms with E-state index in [1.165, 1.54) is 25.7 Å². The van der Waals surface area contributed by atoms with E-state index in [-0.39, 0.29) is 24.8 Å². The van der Waals surface area contributed by atoms with Crippen molar-refractivity contribution in [3.63, 3.8) is 0 Å². The summed E-state index contributed by atoms with van der Waals surface area (Å²) < 4.78 is 5.62. The number of unbranched alkanes of at least 4 members (excludes halogenated alkanes) is 2. The minimum Gasteiger partial charge on any atom is -0.468 e. The van der Waals surface area contributed by atoms with Gasteiger partial charge in [-0.3, -0.25) is 4.90 Å². The molecule has 3 nitrogen and oxygen atoms in total. The van der Waals surface area contributed by atoms with E-state index in [1.54, 1.807) is 6.26 Å². The molecule has 0 aliphatic carbocycles. The molecular weight excluding hydrogens is 283 g/mol. The van der Waals surface area contributed by atoms with Gasteiger partial charge in [0.25, 0.3) is 0 Å². The lowest BCUT2D eigenvalue weighted by molar-refractivity contribution is 0.144. The van der Waals surface area contributed by atoms with Gasteiger partial charge in [0, 0.05) is 26.2 Å². The monoisotopic (exact) mass is 308 g/mol. The van der Waals surface area contributed by atoms with E-state index in [2.05, 4.69) is 23.2 Å². The molecule has 0 amide bonds. The summed E-state index contributed by atoms with van der Waals surface area (Å²) in [5.41, 5.74) is 0. The lowest BCUT2D eigenvalue weighted by atomic mass is 10.0. The average Bonchev–Trinajstić information content (AvgIpc) is 2.89. The van der Waals surface area contributed by atoms with Crippen LogP contribution < -0.4 is 5.32 Å². The Morgan fingerprint density at radius 2 is 2.00 bits per heavy atom. The second kappa shape index (κ2) is 10.6. The van der Waals surface area contributed by atoms with Gasteiger partial charge < -0.3 is 9.73 Å². The van der Waals surface area contributed by atoms with Crippen molar-refractivity contribution in [1.29, 1.82) is 0 Å². The molecule has 0 spiro atoms. The van der Waals surface area contributed by atoms with Crippen molar-refractivity contribution < 1.29 is 4.42 Å². The van der Waals surface area contributed by atoms with Crippen LogP contribution in [0.5, 0.6) is 0 Å². The van der Waals surface area contributed by atoms with Crippen LogP contribution in [0.2, 0.25) is 0 Å². The van der Waals surface area contributed by atoms with Crippen molar-refractivity contribution >= 4 is 24.8 Å². The van der Waals surface area contributed by atoms with Crippen molar-refractivity contribution in [2.75, 3.05) is 26.2 Å². The molecule has 0 bridgehead atoms. The Balaban J connectivity index is 0.00000162. The zero-order valence-corrected chi connectivity index (χ0v) is 13.3. The van der Waals surface area contributed by atoms with Crippen LogP contribution in [0.15, 0.2) is 22.8 Å². The van der Waals surface area contributed by atoms with Crippen LogP contribution in [0, 0.1) is 0 Å². The highest BCUT2D eigenvalue weighted by molar-refractivity contribution is 5.85. The minimum absolute atomic E-state index is 0. The maximum atomic E-state index is 5.62. The average molecular weight is 309 g/mol. The molecule has 19 heavy (non-hydrogen) atoms. The molecule has 1 atom stereocenters. The fourth-order valence-electron chi connectivity index (χ4n) is 2.57. The van der Waals surface area contributed by atoms with Gasteiger partial charge in [0.1, 0.15) is 5.76 Å². The molecule has 2 heterocycles. The molecule has 112 valence electrons. The molecule has 1 aliphatic heterocycles. The molecule has 0 unspecified atom stereocenters. The SMILES string of the molecule is CCCCC[C@H](c1ccco1)N1CCNCC1.Cl.Cl. The summed E-state index contributed by atoms with van der Waals surface area (Å²) in [4.78, 5) is 2.56. The van der Waals surface area contributed by atoms with Gasteiger partial charge in [0.15, 0.2) is 0 Å². The quantitative estimate of drug-likeness (QED) is 0.813. The fraction of sp³-hybridized carbons (Fsp3) is 0.714. The first kappa shape index (κ1) is 18.8. The standard InChI is InChI=1S/C14H24N2O.2ClH/c1-2-3-4-6-13(14-7-5-12-17-14)16-10-8-15-9-11-16;;/h5,7,12-13,15H,2-4,6,8-11H2,1H3;2*1H/t13-;;/m1../s1. The van der Waals surface area contributed by atoms with Gasteiger partial charge in [-0.15, -0.1) is 24.8 Å². The molecule has 1 fully saturated rings. The number of hydrogen-bond acceptors (Lipinski definition) is 3. The molecule has 1 saturated heterocycles. The smallest absolute Gasteiger partial charge is 0.120 e. The van der Waals surface area contributed by atoms with E-state index in [0.29, 0.717) is 6.04 Å². The van der Waals surface area contributed by atoms with Crippen LogP contribution in [0.1, 0.15) is 44.4 Å². The Kier molecular flexibility index (Phi) is 10.4. The van der Waals surface area contributed by atoms with Crippen molar-refractivity contribution in [2.45, 2.75) is 38.6 Å². The van der Waals surface area contributed by atoms with Crippen molar-refractivity contribution in [3.05, 3.63) is 24.2 Å². The molecule has 2 rings (SSSR count). The largest absolute Gasteiger partial charge is 0.468 e. The summed E-state index contributed by atoms with van der Waals surface area (Å²) in [7, 11) is 0. The summed E-state index contributed by atoms with van der Waals surface area (Å²) in [6, 6.07) is 4.61. The lowest BCUT2D eigenvalue weighted by Gasteiger charge is -2.33. The number of rotatable bonds is 6. The van der Waals surface area contributed by atoms with Crippen LogP contribution in [-0.4, -0.2) is 31.1 Å². The third-order valence-electron chi connectivity index (χ3n) is 3.55. The Hall–Kier alpha value is -0.220. The molecule has 1 aliphatic rings. The summed E-state index contributed by atoms with van der Waals surface area (Å²) in [6.45, 7) is 6.73. The van der Waals surface area contributed by atoms with Crippen LogP contribution >= 0.6 is 24.8 Å². The predicted octanol–water partition coefficient (Wildman–Crippen LogP) is 3.65. The first-order chi connectivity index (χ1) is 8.42. The third-order valence-corrected chi connectivity index (χ3v) is 3.55. The first-order valence-corrected chi connectivity index (χ1v) is 6.90. The number of halogens is 2. The van der Waals surface area contributed by atoms with Gasteiger partial charge in [0.05, 0.1) is 12.3 Å². The summed E-state index contributed by atoms with van der Waals surface area (Å²) in [6.07, 6.45) is 6.92. The van der Waals surface area contributed by atoms with Gasteiger partial charge >= 0.3 is 0 Å². The topological polar surface area (TPSA) is 28.4 Å². The molecule has 0 aromatic carbocycles. The van der Waals surface area contributed by atoms with Crippen molar-refractivity contribution in [2.24, 2.45) is 0 Å². The minimum atomic E-state index is 0. The molecule has 1 aromatic rings. The van der Waals surface area contributed by atoms with E-state index in [1.807, 2.05) is 6.07 Å². The van der Waals surface area contributed by atoms with Gasteiger partial charge in [-0.25, -0.2) is 0 Å². The Bertz CT molecular complexity index is 300. The van der Waals surface area contributed by atoms with Crippen LogP contribution in [0.25, 0.3) is 0 Å². The fourth-order valence-corrected chi connectivity index (χ4v) is 2.57. The van der Waals surface area contributed by atoms with Crippen LogP contribution in [0.3, 0.4) is 0 Å². The number of furan rings is 1. The van der Waals surface area contributed by atoms with Gasteiger partial charge in [-0.05, 0) is 18.6 Å². The van der Waals surface area contributed by atoms with E-state index < -0.39 is 0 Å². The van der Waals surface area contributed by atoms with E-state index in [0.717, 1.165) is 31.9 Å². The zero-order valence-electron chi connectivity index (χ0n) is 11.6. The number of nitrogens with one attached hydrogen (secondary N) is 1. The van der Waals surface area contributed by atoms with E-state index in [9.17, 15) is 0 Å². The highest BCUT2D eigenvalue weighted by atomic mass is 35.5. The maximum Gasteiger partial charge on any atom is 0.120 e. The number of nitrogens with zero attached hydrogens (tertiary/aromatic N) is 1. The number of piperazine rings is 1. The maximum absolute atomic E-state index is 5.62. The van der Waals surface area contributed by atoms with Gasteiger partial charge in [0.2, 0.25) is 0 Å². The summed E-state index contributed by atoms with van der Waals surface area (Å²) in [5.74, 6) is 1.14. The lowest BCUT2D eigenvalue weighted by Crippen LogP contribution is -2.45. The predicted molar refractivity (Wildman–Crippen MR) is 84.5 cm³/mol. The highest BCUT2D eigenvalue weighted by Gasteiger charge is 2.23. The molecule has 1 N–H and O–H groups in total.